The van der Waals surface area contributed by atoms with Gasteiger partial charge in [0.1, 0.15) is 6.61 Å². The Bertz CT molecular complexity index is 540. The van der Waals surface area contributed by atoms with E-state index in [-0.39, 0.29) is 17.0 Å². The quantitative estimate of drug-likeness (QED) is 0.716. The van der Waals surface area contributed by atoms with E-state index in [1.807, 2.05) is 0 Å². The average Bonchev–Trinajstić information content (AvgIpc) is 2.30. The van der Waals surface area contributed by atoms with E-state index in [9.17, 15) is 4.79 Å². The van der Waals surface area contributed by atoms with Crippen LogP contribution in [0.3, 0.4) is 0 Å². The van der Waals surface area contributed by atoms with Crippen LogP contribution in [-0.2, 0) is 4.74 Å². The van der Waals surface area contributed by atoms with Gasteiger partial charge in [-0.1, -0.05) is 0 Å². The fourth-order valence-electron chi connectivity index (χ4n) is 1.13. The molecule has 0 aliphatic heterocycles. The van der Waals surface area contributed by atoms with E-state index in [1.54, 1.807) is 7.11 Å². The maximum Gasteiger partial charge on any atom is 0.279 e. The summed E-state index contributed by atoms with van der Waals surface area (Å²) < 4.78 is 10.1. The van der Waals surface area contributed by atoms with Gasteiger partial charge in [-0.15, -0.1) is 0 Å². The summed E-state index contributed by atoms with van der Waals surface area (Å²) in [6.45, 7) is 0.804. The molecule has 0 unspecified atom stereocenters. The lowest BCUT2D eigenvalue weighted by atomic mass is 10.5. The van der Waals surface area contributed by atoms with Crippen LogP contribution >= 0.6 is 0 Å². The normalized spacial score (nSPS) is 10.6. The van der Waals surface area contributed by atoms with Gasteiger partial charge in [0, 0.05) is 7.11 Å². The van der Waals surface area contributed by atoms with E-state index >= 15 is 0 Å². The number of methoxy groups -OCH3 is 1. The first-order valence-electron chi connectivity index (χ1n) is 4.63. The average molecular weight is 222 g/mol. The van der Waals surface area contributed by atoms with Crippen LogP contribution in [-0.4, -0.2) is 40.3 Å². The van der Waals surface area contributed by atoms with Crippen LogP contribution in [0.2, 0.25) is 0 Å². The first-order valence-corrected chi connectivity index (χ1v) is 4.63. The molecule has 16 heavy (non-hydrogen) atoms. The standard InChI is InChI=1S/C9H10N4O3/c1-15-2-3-16-6-4-10-8-7(13-6)9(14)12-5-11-8/h4-5H,2-3H2,1H3,(H,10,11,12,14). The summed E-state index contributed by atoms with van der Waals surface area (Å²) in [5, 5.41) is 0. The SMILES string of the molecule is COCCOc1cnc2nc[nH]c(=O)c2n1. The number of ether oxygens (including phenoxy) is 2. The van der Waals surface area contributed by atoms with Crippen LogP contribution in [0.15, 0.2) is 17.3 Å². The van der Waals surface area contributed by atoms with E-state index in [0.29, 0.717) is 18.9 Å². The first-order chi connectivity index (χ1) is 7.81. The molecule has 2 rings (SSSR count). The molecule has 0 spiro atoms. The van der Waals surface area contributed by atoms with Crippen LogP contribution in [0, 0.1) is 0 Å². The predicted octanol–water partition coefficient (Wildman–Crippen LogP) is -0.262. The molecule has 7 nitrogen and oxygen atoms in total. The van der Waals surface area contributed by atoms with Gasteiger partial charge in [0.25, 0.3) is 5.56 Å². The summed E-state index contributed by atoms with van der Waals surface area (Å²) >= 11 is 0. The van der Waals surface area contributed by atoms with Crippen LogP contribution in [0.1, 0.15) is 0 Å². The molecule has 7 heteroatoms. The van der Waals surface area contributed by atoms with Gasteiger partial charge in [0.15, 0.2) is 11.2 Å². The number of nitrogens with one attached hydrogen (secondary N) is 1. The minimum Gasteiger partial charge on any atom is -0.474 e. The molecule has 0 radical (unpaired) electrons. The second-order valence-corrected chi connectivity index (χ2v) is 2.95. The fourth-order valence-corrected chi connectivity index (χ4v) is 1.13. The van der Waals surface area contributed by atoms with Crippen molar-refractivity contribution in [2.24, 2.45) is 0 Å². The zero-order chi connectivity index (χ0) is 11.4. The van der Waals surface area contributed by atoms with Crippen molar-refractivity contribution in [3.63, 3.8) is 0 Å². The van der Waals surface area contributed by atoms with Crippen molar-refractivity contribution >= 4 is 11.2 Å². The van der Waals surface area contributed by atoms with Crippen molar-refractivity contribution in [1.29, 1.82) is 0 Å². The summed E-state index contributed by atoms with van der Waals surface area (Å²) in [6, 6.07) is 0. The van der Waals surface area contributed by atoms with E-state index in [0.717, 1.165) is 0 Å². The molecular weight excluding hydrogens is 212 g/mol. The van der Waals surface area contributed by atoms with E-state index in [4.69, 9.17) is 9.47 Å². The first kappa shape index (κ1) is 10.5. The van der Waals surface area contributed by atoms with Crippen molar-refractivity contribution in [2.75, 3.05) is 20.3 Å². The Hall–Kier alpha value is -2.02. The summed E-state index contributed by atoms with van der Waals surface area (Å²) in [5.41, 5.74) is 0.120. The molecular formula is C9H10N4O3. The van der Waals surface area contributed by atoms with Crippen LogP contribution in [0.25, 0.3) is 11.2 Å². The highest BCUT2D eigenvalue weighted by Crippen LogP contribution is 2.07. The molecule has 2 aromatic heterocycles. The summed E-state index contributed by atoms with van der Waals surface area (Å²) in [6.07, 6.45) is 2.70. The van der Waals surface area contributed by atoms with Gasteiger partial charge in [-0.05, 0) is 0 Å². The van der Waals surface area contributed by atoms with E-state index in [2.05, 4.69) is 19.9 Å². The highest BCUT2D eigenvalue weighted by molar-refractivity contribution is 5.67. The van der Waals surface area contributed by atoms with Gasteiger partial charge >= 0.3 is 0 Å². The molecule has 0 aliphatic carbocycles. The van der Waals surface area contributed by atoms with Gasteiger partial charge in [-0.3, -0.25) is 4.79 Å². The number of rotatable bonds is 4. The van der Waals surface area contributed by atoms with Gasteiger partial charge < -0.3 is 14.5 Å². The lowest BCUT2D eigenvalue weighted by Crippen LogP contribution is -2.11. The minimum absolute atomic E-state index is 0.164. The number of hydrogen-bond donors (Lipinski definition) is 1. The Morgan fingerprint density at radius 2 is 2.25 bits per heavy atom. The lowest BCUT2D eigenvalue weighted by molar-refractivity contribution is 0.143. The molecule has 0 amide bonds. The third kappa shape index (κ3) is 2.14. The van der Waals surface area contributed by atoms with Gasteiger partial charge in [0.2, 0.25) is 5.88 Å². The Morgan fingerprint density at radius 3 is 3.06 bits per heavy atom. The van der Waals surface area contributed by atoms with Gasteiger partial charge in [-0.2, -0.15) is 0 Å². The molecule has 2 aromatic rings. The molecule has 84 valence electrons. The summed E-state index contributed by atoms with van der Waals surface area (Å²) in [7, 11) is 1.57. The minimum atomic E-state index is -0.338. The molecule has 0 aromatic carbocycles. The highest BCUT2D eigenvalue weighted by Gasteiger charge is 2.04. The lowest BCUT2D eigenvalue weighted by Gasteiger charge is -2.03. The third-order valence-corrected chi connectivity index (χ3v) is 1.87. The number of H-pyrrole nitrogens is 1. The second-order valence-electron chi connectivity index (χ2n) is 2.95. The van der Waals surface area contributed by atoms with Crippen LogP contribution in [0.4, 0.5) is 0 Å². The Labute approximate surface area is 90.5 Å². The Balaban J connectivity index is 2.29. The van der Waals surface area contributed by atoms with Gasteiger partial charge in [-0.25, -0.2) is 15.0 Å². The largest absolute Gasteiger partial charge is 0.474 e. The number of aromatic nitrogens is 4. The smallest absolute Gasteiger partial charge is 0.279 e. The maximum atomic E-state index is 11.4. The van der Waals surface area contributed by atoms with Crippen molar-refractivity contribution in [3.8, 4) is 5.88 Å². The molecule has 0 atom stereocenters. The monoisotopic (exact) mass is 222 g/mol. The number of hydrogen-bond acceptors (Lipinski definition) is 6. The second kappa shape index (κ2) is 4.67. The third-order valence-electron chi connectivity index (χ3n) is 1.87. The van der Waals surface area contributed by atoms with Gasteiger partial charge in [0.05, 0.1) is 19.1 Å². The maximum absolute atomic E-state index is 11.4. The molecule has 0 bridgehead atoms. The Kier molecular flexibility index (Phi) is 3.06. The van der Waals surface area contributed by atoms with E-state index < -0.39 is 0 Å². The van der Waals surface area contributed by atoms with Crippen LogP contribution in [0.5, 0.6) is 5.88 Å². The highest BCUT2D eigenvalue weighted by atomic mass is 16.5. The molecule has 2 heterocycles. The summed E-state index contributed by atoms with van der Waals surface area (Å²) in [5.74, 6) is 0.281. The molecule has 0 saturated heterocycles. The molecule has 0 saturated carbocycles. The van der Waals surface area contributed by atoms with Crippen molar-refractivity contribution in [2.45, 2.75) is 0 Å². The van der Waals surface area contributed by atoms with E-state index in [1.165, 1.54) is 12.5 Å². The fraction of sp³-hybridized carbons (Fsp3) is 0.333. The molecule has 0 fully saturated rings. The van der Waals surface area contributed by atoms with Crippen LogP contribution < -0.4 is 10.3 Å². The summed E-state index contributed by atoms with van der Waals surface area (Å²) in [4.78, 5) is 25.6. The number of fused-ring (bicyclic) bond motifs is 1. The molecule has 1 N–H and O–H groups in total. The number of nitrogens with zero attached hydrogens (tertiary/aromatic N) is 3. The van der Waals surface area contributed by atoms with Crippen molar-refractivity contribution in [1.82, 2.24) is 19.9 Å². The van der Waals surface area contributed by atoms with Crippen molar-refractivity contribution in [3.05, 3.63) is 22.9 Å². The topological polar surface area (TPSA) is 90.0 Å². The zero-order valence-electron chi connectivity index (χ0n) is 8.64. The zero-order valence-corrected chi connectivity index (χ0v) is 8.64. The predicted molar refractivity (Wildman–Crippen MR) is 55.3 cm³/mol. The Morgan fingerprint density at radius 1 is 1.38 bits per heavy atom. The molecule has 0 aliphatic rings. The van der Waals surface area contributed by atoms with Crippen molar-refractivity contribution < 1.29 is 9.47 Å². The number of aromatic amines is 1.